The summed E-state index contributed by atoms with van der Waals surface area (Å²) in [5.74, 6) is -0.879. The first-order valence-electron chi connectivity index (χ1n) is 4.86. The van der Waals surface area contributed by atoms with Crippen LogP contribution in [0, 0.1) is 0 Å². The van der Waals surface area contributed by atoms with Gasteiger partial charge in [-0.1, -0.05) is 6.08 Å². The van der Waals surface area contributed by atoms with Crippen molar-refractivity contribution < 1.29 is 24.8 Å². The molecule has 0 amide bonds. The Morgan fingerprint density at radius 2 is 1.87 bits per heavy atom. The van der Waals surface area contributed by atoms with Crippen LogP contribution in [0.4, 0.5) is 0 Å². The Hall–Kier alpha value is -0.460. The molecule has 5 nitrogen and oxygen atoms in total. The zero-order valence-electron chi connectivity index (χ0n) is 8.96. The van der Waals surface area contributed by atoms with Crippen LogP contribution >= 0.6 is 0 Å². The lowest BCUT2D eigenvalue weighted by atomic mass is 10.0. The van der Waals surface area contributed by atoms with Crippen LogP contribution in [0.15, 0.2) is 12.7 Å². The molecule has 0 saturated carbocycles. The first-order chi connectivity index (χ1) is 6.91. The fraction of sp³-hybridized carbons (Fsp3) is 0.800. The summed E-state index contributed by atoms with van der Waals surface area (Å²) in [6.07, 6.45) is -2.16. The van der Waals surface area contributed by atoms with Crippen molar-refractivity contribution in [1.82, 2.24) is 0 Å². The maximum absolute atomic E-state index is 9.59. The Bertz CT molecular complexity index is 228. The molecule has 1 aliphatic heterocycles. The average molecular weight is 218 g/mol. The Morgan fingerprint density at radius 3 is 2.33 bits per heavy atom. The van der Waals surface area contributed by atoms with E-state index in [2.05, 4.69) is 6.58 Å². The molecule has 1 fully saturated rings. The van der Waals surface area contributed by atoms with E-state index in [4.69, 9.17) is 14.6 Å². The molecule has 1 rings (SSSR count). The minimum absolute atomic E-state index is 0.440. The minimum Gasteiger partial charge on any atom is -0.394 e. The highest BCUT2D eigenvalue weighted by Crippen LogP contribution is 2.31. The maximum atomic E-state index is 9.59. The van der Waals surface area contributed by atoms with Gasteiger partial charge in [-0.15, -0.1) is 6.58 Å². The highest BCUT2D eigenvalue weighted by atomic mass is 16.8. The Labute approximate surface area is 88.9 Å². The Balaban J connectivity index is 2.78. The molecule has 4 atom stereocenters. The fourth-order valence-corrected chi connectivity index (χ4v) is 1.62. The van der Waals surface area contributed by atoms with Crippen LogP contribution in [0.2, 0.25) is 0 Å². The van der Waals surface area contributed by atoms with E-state index in [0.717, 1.165) is 0 Å². The Kier molecular flexibility index (Phi) is 3.86. The third kappa shape index (κ3) is 2.76. The summed E-state index contributed by atoms with van der Waals surface area (Å²) >= 11 is 0. The van der Waals surface area contributed by atoms with Gasteiger partial charge >= 0.3 is 0 Å². The van der Waals surface area contributed by atoms with Crippen LogP contribution in [0.25, 0.3) is 0 Å². The molecule has 1 saturated heterocycles. The van der Waals surface area contributed by atoms with E-state index in [1.807, 2.05) is 0 Å². The van der Waals surface area contributed by atoms with Crippen LogP contribution in [0.5, 0.6) is 0 Å². The van der Waals surface area contributed by atoms with E-state index in [9.17, 15) is 10.2 Å². The molecule has 0 radical (unpaired) electrons. The van der Waals surface area contributed by atoms with Crippen molar-refractivity contribution in [2.45, 2.75) is 44.1 Å². The third-order valence-electron chi connectivity index (χ3n) is 2.31. The van der Waals surface area contributed by atoms with Crippen molar-refractivity contribution in [3.63, 3.8) is 0 Å². The molecule has 15 heavy (non-hydrogen) atoms. The summed E-state index contributed by atoms with van der Waals surface area (Å²) in [4.78, 5) is 0. The maximum Gasteiger partial charge on any atom is 0.164 e. The van der Waals surface area contributed by atoms with Gasteiger partial charge in [0.25, 0.3) is 0 Å². The quantitative estimate of drug-likeness (QED) is 0.549. The van der Waals surface area contributed by atoms with Crippen molar-refractivity contribution in [2.75, 3.05) is 6.61 Å². The highest BCUT2D eigenvalue weighted by molar-refractivity contribution is 4.96. The zero-order chi connectivity index (χ0) is 11.6. The van der Waals surface area contributed by atoms with Gasteiger partial charge in [0, 0.05) is 0 Å². The molecule has 0 aromatic rings. The fourth-order valence-electron chi connectivity index (χ4n) is 1.62. The van der Waals surface area contributed by atoms with E-state index in [1.54, 1.807) is 13.8 Å². The monoisotopic (exact) mass is 218 g/mol. The largest absolute Gasteiger partial charge is 0.394 e. The second-order valence-corrected chi connectivity index (χ2v) is 4.04. The van der Waals surface area contributed by atoms with Gasteiger partial charge in [0.1, 0.15) is 24.4 Å². The van der Waals surface area contributed by atoms with E-state index in [0.29, 0.717) is 0 Å². The molecule has 3 unspecified atom stereocenters. The minimum atomic E-state index is -1.08. The van der Waals surface area contributed by atoms with E-state index in [-0.39, 0.29) is 0 Å². The van der Waals surface area contributed by atoms with E-state index < -0.39 is 36.8 Å². The van der Waals surface area contributed by atoms with Crippen LogP contribution < -0.4 is 0 Å². The number of rotatable bonds is 4. The van der Waals surface area contributed by atoms with Gasteiger partial charge in [0.2, 0.25) is 0 Å². The normalized spacial score (nSPS) is 33.7. The molecule has 3 N–H and O–H groups in total. The predicted octanol–water partition coefficient (Wildman–Crippen LogP) is -0.593. The lowest BCUT2D eigenvalue weighted by Gasteiger charge is -2.22. The lowest BCUT2D eigenvalue weighted by molar-refractivity contribution is -0.160. The summed E-state index contributed by atoms with van der Waals surface area (Å²) in [7, 11) is 0. The van der Waals surface area contributed by atoms with Crippen molar-refractivity contribution in [2.24, 2.45) is 0 Å². The van der Waals surface area contributed by atoms with Crippen molar-refractivity contribution in [1.29, 1.82) is 0 Å². The molecule has 0 aliphatic carbocycles. The molecule has 1 aliphatic rings. The molecular formula is C10H18O5. The van der Waals surface area contributed by atoms with E-state index >= 15 is 0 Å². The van der Waals surface area contributed by atoms with Crippen LogP contribution in [0.3, 0.4) is 0 Å². The predicted molar refractivity (Wildman–Crippen MR) is 53.1 cm³/mol. The van der Waals surface area contributed by atoms with Gasteiger partial charge in [0.05, 0.1) is 6.61 Å². The number of aliphatic hydroxyl groups excluding tert-OH is 3. The van der Waals surface area contributed by atoms with Crippen LogP contribution in [-0.4, -0.2) is 52.1 Å². The third-order valence-corrected chi connectivity index (χ3v) is 2.31. The van der Waals surface area contributed by atoms with Crippen molar-refractivity contribution in [3.05, 3.63) is 12.7 Å². The molecule has 5 heteroatoms. The summed E-state index contributed by atoms with van der Waals surface area (Å²) in [6.45, 7) is 6.36. The number of aliphatic hydroxyl groups is 3. The molecule has 88 valence electrons. The number of hydrogen-bond donors (Lipinski definition) is 3. The second-order valence-electron chi connectivity index (χ2n) is 4.04. The summed E-state index contributed by atoms with van der Waals surface area (Å²) in [5.41, 5.74) is 0. The van der Waals surface area contributed by atoms with Crippen LogP contribution in [0.1, 0.15) is 13.8 Å². The molecule has 0 spiro atoms. The van der Waals surface area contributed by atoms with Gasteiger partial charge in [-0.2, -0.15) is 0 Å². The van der Waals surface area contributed by atoms with Crippen molar-refractivity contribution >= 4 is 0 Å². The standard InChI is InChI=1S/C10H18O5/c1-4-6(12)8-9(7(13)5-11)15-10(2,3)14-8/h4,6-9,11-13H,1,5H2,2-3H3/t6-,7?,8?,9?/m0/s1. The molecular weight excluding hydrogens is 200 g/mol. The highest BCUT2D eigenvalue weighted by Gasteiger charge is 2.46. The number of ether oxygens (including phenoxy) is 2. The first-order valence-corrected chi connectivity index (χ1v) is 4.86. The summed E-state index contributed by atoms with van der Waals surface area (Å²) in [6, 6.07) is 0. The molecule has 1 heterocycles. The first kappa shape index (κ1) is 12.6. The van der Waals surface area contributed by atoms with Gasteiger partial charge in [-0.05, 0) is 13.8 Å². The molecule has 0 aromatic carbocycles. The molecule has 0 aromatic heterocycles. The lowest BCUT2D eigenvalue weighted by Crippen LogP contribution is -2.43. The molecule has 0 bridgehead atoms. The SMILES string of the molecule is C=C[C@H](O)C1OC(C)(C)OC1C(O)CO. The zero-order valence-corrected chi connectivity index (χ0v) is 8.96. The Morgan fingerprint density at radius 1 is 1.33 bits per heavy atom. The topological polar surface area (TPSA) is 79.2 Å². The van der Waals surface area contributed by atoms with E-state index in [1.165, 1.54) is 6.08 Å². The number of hydrogen-bond acceptors (Lipinski definition) is 5. The van der Waals surface area contributed by atoms with Gasteiger partial charge in [-0.25, -0.2) is 0 Å². The summed E-state index contributed by atoms with van der Waals surface area (Å²) < 4.78 is 10.8. The van der Waals surface area contributed by atoms with Crippen LogP contribution in [-0.2, 0) is 9.47 Å². The van der Waals surface area contributed by atoms with Gasteiger partial charge < -0.3 is 24.8 Å². The second kappa shape index (κ2) is 4.59. The smallest absolute Gasteiger partial charge is 0.164 e. The van der Waals surface area contributed by atoms with Crippen molar-refractivity contribution in [3.8, 4) is 0 Å². The van der Waals surface area contributed by atoms with Gasteiger partial charge in [0.15, 0.2) is 5.79 Å². The van der Waals surface area contributed by atoms with Gasteiger partial charge in [-0.3, -0.25) is 0 Å². The average Bonchev–Trinajstić information content (AvgIpc) is 2.52. The summed E-state index contributed by atoms with van der Waals surface area (Å²) in [5, 5.41) is 27.9.